The van der Waals surface area contributed by atoms with E-state index in [4.69, 9.17) is 48.1 Å². The van der Waals surface area contributed by atoms with Crippen LogP contribution in [0.5, 0.6) is 34.5 Å². The standard InChI is InChI=1S/C56H60O14/c57-23-27-63-49-13-3-41(4-14-49)35-45-1-12-48(54(39-45)68-30-26-60)38-44-9-19-52(20-10-44)66-32-34-70-56(62)22-21-55(61)69-33-31-65-51-15-5-42(6-16-51)36-46-2-11-47(53(40-46)67-29-25-59)37-43-7-17-50(18-8-43)64-28-24-58/h1-22,39-40,57-60H,23-38H2/b22-21-. The van der Waals surface area contributed by atoms with E-state index in [1.165, 1.54) is 0 Å². The Morgan fingerprint density at radius 1 is 0.329 bits per heavy atom. The van der Waals surface area contributed by atoms with E-state index in [-0.39, 0.29) is 79.3 Å². The number of rotatable bonds is 30. The van der Waals surface area contributed by atoms with Crippen molar-refractivity contribution < 1.29 is 67.9 Å². The van der Waals surface area contributed by atoms with Crippen molar-refractivity contribution in [2.45, 2.75) is 25.7 Å². The third-order valence-electron chi connectivity index (χ3n) is 10.5. The molecule has 0 aliphatic rings. The van der Waals surface area contributed by atoms with E-state index >= 15 is 0 Å². The average Bonchev–Trinajstić information content (AvgIpc) is 3.38. The average molecular weight is 957 g/mol. The fourth-order valence-electron chi connectivity index (χ4n) is 7.18. The highest BCUT2D eigenvalue weighted by Crippen LogP contribution is 2.28. The van der Waals surface area contributed by atoms with Crippen molar-refractivity contribution in [2.24, 2.45) is 0 Å². The number of carbonyl (C=O) groups excluding carboxylic acids is 2. The minimum Gasteiger partial charge on any atom is -0.491 e. The predicted octanol–water partition coefficient (Wildman–Crippen LogP) is 6.63. The fourth-order valence-corrected chi connectivity index (χ4v) is 7.18. The SMILES string of the molecule is O=C(/C=C\C(=O)OCCOc1ccc(Cc2ccc(Cc3ccc(OCCO)cc3)cc2OCCO)cc1)OCCOc1ccc(Cc2ccc(Cc3ccc(OCCO)cc3)c(OCCO)c2)cc1. The Labute approximate surface area is 408 Å². The van der Waals surface area contributed by atoms with Crippen LogP contribution in [0.15, 0.2) is 146 Å². The van der Waals surface area contributed by atoms with Crippen LogP contribution in [-0.2, 0) is 44.7 Å². The number of aliphatic hydroxyl groups is 4. The van der Waals surface area contributed by atoms with Gasteiger partial charge in [-0.25, -0.2) is 9.59 Å². The van der Waals surface area contributed by atoms with Crippen LogP contribution in [0.2, 0.25) is 0 Å². The molecule has 0 saturated heterocycles. The Morgan fingerprint density at radius 2 is 0.614 bits per heavy atom. The van der Waals surface area contributed by atoms with E-state index in [1.54, 1.807) is 0 Å². The summed E-state index contributed by atoms with van der Waals surface area (Å²) >= 11 is 0. The van der Waals surface area contributed by atoms with E-state index in [0.717, 1.165) is 56.7 Å². The maximum absolute atomic E-state index is 12.2. The summed E-state index contributed by atoms with van der Waals surface area (Å²) in [5, 5.41) is 36.8. The Kier molecular flexibility index (Phi) is 21.4. The van der Waals surface area contributed by atoms with Gasteiger partial charge in [0.05, 0.1) is 26.4 Å². The molecule has 0 fully saturated rings. The molecule has 0 aliphatic carbocycles. The van der Waals surface area contributed by atoms with Crippen molar-refractivity contribution in [1.29, 1.82) is 0 Å². The van der Waals surface area contributed by atoms with E-state index in [2.05, 4.69) is 12.1 Å². The van der Waals surface area contributed by atoms with Crippen LogP contribution in [0.4, 0.5) is 0 Å². The Morgan fingerprint density at radius 3 is 0.943 bits per heavy atom. The van der Waals surface area contributed by atoms with E-state index < -0.39 is 11.9 Å². The summed E-state index contributed by atoms with van der Waals surface area (Å²) in [4.78, 5) is 24.4. The summed E-state index contributed by atoms with van der Waals surface area (Å²) in [5.74, 6) is 2.58. The first-order chi connectivity index (χ1) is 34.3. The summed E-state index contributed by atoms with van der Waals surface area (Å²) < 4.78 is 44.6. The molecule has 4 N–H and O–H groups in total. The van der Waals surface area contributed by atoms with Gasteiger partial charge in [0, 0.05) is 25.0 Å². The Hall–Kier alpha value is -7.36. The van der Waals surface area contributed by atoms with Crippen LogP contribution < -0.4 is 28.4 Å². The van der Waals surface area contributed by atoms with Gasteiger partial charge in [-0.3, -0.25) is 0 Å². The number of benzene rings is 6. The van der Waals surface area contributed by atoms with Crippen LogP contribution in [0.25, 0.3) is 0 Å². The minimum atomic E-state index is -0.711. The van der Waals surface area contributed by atoms with Crippen LogP contribution in [-0.4, -0.2) is 112 Å². The molecule has 70 heavy (non-hydrogen) atoms. The van der Waals surface area contributed by atoms with Crippen molar-refractivity contribution in [1.82, 2.24) is 0 Å². The van der Waals surface area contributed by atoms with Gasteiger partial charge in [0.1, 0.15) is 87.4 Å². The molecule has 368 valence electrons. The lowest BCUT2D eigenvalue weighted by Crippen LogP contribution is -2.12. The van der Waals surface area contributed by atoms with Crippen LogP contribution in [0.3, 0.4) is 0 Å². The van der Waals surface area contributed by atoms with E-state index in [0.29, 0.717) is 60.2 Å². The molecule has 0 aromatic heterocycles. The molecule has 6 aromatic rings. The van der Waals surface area contributed by atoms with Crippen molar-refractivity contribution >= 4 is 11.9 Å². The molecule has 0 amide bonds. The molecule has 14 nitrogen and oxygen atoms in total. The van der Waals surface area contributed by atoms with Gasteiger partial charge < -0.3 is 58.3 Å². The lowest BCUT2D eigenvalue weighted by molar-refractivity contribution is -0.141. The van der Waals surface area contributed by atoms with E-state index in [9.17, 15) is 19.8 Å². The summed E-state index contributed by atoms with van der Waals surface area (Å²) in [6.45, 7) is 0.721. The van der Waals surface area contributed by atoms with Gasteiger partial charge in [-0.1, -0.05) is 72.8 Å². The maximum atomic E-state index is 12.2. The third-order valence-corrected chi connectivity index (χ3v) is 10.5. The molecule has 6 rings (SSSR count). The Balaban J connectivity index is 0.860. The molecule has 0 radical (unpaired) electrons. The first-order valence-corrected chi connectivity index (χ1v) is 23.1. The number of carbonyl (C=O) groups is 2. The first-order valence-electron chi connectivity index (χ1n) is 23.1. The largest absolute Gasteiger partial charge is 0.491 e. The molecule has 6 aromatic carbocycles. The summed E-state index contributed by atoms with van der Waals surface area (Å²) in [6, 6.07) is 42.7. The van der Waals surface area contributed by atoms with Gasteiger partial charge in [-0.15, -0.1) is 0 Å². The molecule has 0 atom stereocenters. The number of ether oxygens (including phenoxy) is 8. The number of aliphatic hydroxyl groups excluding tert-OH is 4. The normalized spacial score (nSPS) is 11.0. The molecule has 0 aliphatic heterocycles. The molecular formula is C56H60O14. The summed E-state index contributed by atoms with van der Waals surface area (Å²) in [6.07, 6.45) is 4.57. The predicted molar refractivity (Wildman–Crippen MR) is 262 cm³/mol. The van der Waals surface area contributed by atoms with Gasteiger partial charge in [0.25, 0.3) is 0 Å². The van der Waals surface area contributed by atoms with Crippen molar-refractivity contribution in [2.75, 3.05) is 79.3 Å². The first kappa shape index (κ1) is 52.0. The molecule has 0 unspecified atom stereocenters. The van der Waals surface area contributed by atoms with Crippen LogP contribution >= 0.6 is 0 Å². The number of hydrogen-bond acceptors (Lipinski definition) is 14. The fraction of sp³-hybridized carbons (Fsp3) is 0.286. The van der Waals surface area contributed by atoms with Gasteiger partial charge >= 0.3 is 11.9 Å². The second kappa shape index (κ2) is 28.8. The topological polar surface area (TPSA) is 189 Å². The second-order valence-electron chi connectivity index (χ2n) is 15.8. The summed E-state index contributed by atoms with van der Waals surface area (Å²) in [5.41, 5.74) is 8.30. The lowest BCUT2D eigenvalue weighted by Gasteiger charge is -2.14. The van der Waals surface area contributed by atoms with Gasteiger partial charge in [0.2, 0.25) is 0 Å². The molecule has 14 heteroatoms. The zero-order valence-electron chi connectivity index (χ0n) is 39.0. The molecule has 0 bridgehead atoms. The smallest absolute Gasteiger partial charge is 0.331 e. The van der Waals surface area contributed by atoms with E-state index in [1.807, 2.05) is 121 Å². The monoisotopic (exact) mass is 956 g/mol. The van der Waals surface area contributed by atoms with Gasteiger partial charge in [-0.05, 0) is 118 Å². The van der Waals surface area contributed by atoms with Crippen molar-refractivity contribution in [3.63, 3.8) is 0 Å². The molecular weight excluding hydrogens is 897 g/mol. The van der Waals surface area contributed by atoms with Crippen molar-refractivity contribution in [3.8, 4) is 34.5 Å². The molecule has 0 spiro atoms. The van der Waals surface area contributed by atoms with Gasteiger partial charge in [-0.2, -0.15) is 0 Å². The minimum absolute atomic E-state index is 0.0253. The van der Waals surface area contributed by atoms with Crippen molar-refractivity contribution in [3.05, 3.63) is 190 Å². The van der Waals surface area contributed by atoms with Crippen LogP contribution in [0, 0.1) is 0 Å². The van der Waals surface area contributed by atoms with Crippen LogP contribution in [0.1, 0.15) is 44.5 Å². The highest BCUT2D eigenvalue weighted by molar-refractivity contribution is 5.91. The lowest BCUT2D eigenvalue weighted by atomic mass is 9.99. The zero-order chi connectivity index (χ0) is 49.2. The quantitative estimate of drug-likeness (QED) is 0.0214. The second-order valence-corrected chi connectivity index (χ2v) is 15.8. The number of esters is 2. The highest BCUT2D eigenvalue weighted by atomic mass is 16.6. The summed E-state index contributed by atoms with van der Waals surface area (Å²) in [7, 11) is 0. The maximum Gasteiger partial charge on any atom is 0.331 e. The zero-order valence-corrected chi connectivity index (χ0v) is 39.0. The third kappa shape index (κ3) is 17.9. The number of hydrogen-bond donors (Lipinski definition) is 4. The molecule has 0 heterocycles. The Bertz CT molecular complexity index is 2520. The molecule has 0 saturated carbocycles. The highest BCUT2D eigenvalue weighted by Gasteiger charge is 2.11. The van der Waals surface area contributed by atoms with Gasteiger partial charge in [0.15, 0.2) is 0 Å².